The van der Waals surface area contributed by atoms with Crippen LogP contribution in [0.4, 0.5) is 0 Å². The van der Waals surface area contributed by atoms with Crippen LogP contribution >= 0.6 is 11.6 Å². The molecule has 0 bridgehead atoms. The fourth-order valence-electron chi connectivity index (χ4n) is 6.39. The lowest BCUT2D eigenvalue weighted by Gasteiger charge is -2.40. The van der Waals surface area contributed by atoms with Crippen molar-refractivity contribution in [2.24, 2.45) is 17.3 Å². The molecular formula is C29H43ClN4O4. The second-order valence-corrected chi connectivity index (χ2v) is 12.9. The summed E-state index contributed by atoms with van der Waals surface area (Å²) in [6.45, 7) is 8.85. The molecule has 1 saturated carbocycles. The quantitative estimate of drug-likeness (QED) is 0.275. The van der Waals surface area contributed by atoms with Crippen LogP contribution in [0.1, 0.15) is 76.8 Å². The molecule has 2 fully saturated rings. The first kappa shape index (κ1) is 28.8. The average Bonchev–Trinajstić information content (AvgIpc) is 3.56. The minimum atomic E-state index is -0.684. The fraction of sp³-hybridized carbons (Fsp3) is 0.690. The number of piperidine rings is 1. The second kappa shape index (κ2) is 12.3. The molecule has 1 aromatic carbocycles. The van der Waals surface area contributed by atoms with E-state index in [-0.39, 0.29) is 18.4 Å². The van der Waals surface area contributed by atoms with E-state index in [1.54, 1.807) is 0 Å². The van der Waals surface area contributed by atoms with Crippen LogP contribution in [0.3, 0.4) is 0 Å². The number of nitrogens with one attached hydrogen (secondary N) is 1. The molecule has 210 valence electrons. The Bertz CT molecular complexity index is 999. The Balaban J connectivity index is 1.37. The molecule has 0 spiro atoms. The SMILES string of the molecule is CC(C)(C)[C@H](NC(=O)[C@H](CC1CCCC1)CN(O)C=O)C(=O)N1CCC(N2Cc3cccc(Cl)c3C2)CC1. The number of nitrogens with zero attached hydrogens (tertiary/aromatic N) is 3. The molecule has 3 amide bonds. The fourth-order valence-corrected chi connectivity index (χ4v) is 6.64. The zero-order valence-electron chi connectivity index (χ0n) is 23.0. The lowest BCUT2D eigenvalue weighted by molar-refractivity contribution is -0.156. The van der Waals surface area contributed by atoms with Crippen LogP contribution in [0.25, 0.3) is 0 Å². The maximum Gasteiger partial charge on any atom is 0.245 e. The predicted molar refractivity (Wildman–Crippen MR) is 146 cm³/mol. The molecule has 9 heteroatoms. The summed E-state index contributed by atoms with van der Waals surface area (Å²) in [5, 5.41) is 14.2. The lowest BCUT2D eigenvalue weighted by Crippen LogP contribution is -2.58. The van der Waals surface area contributed by atoms with E-state index in [1.165, 1.54) is 11.1 Å². The standard InChI is InChI=1S/C29H43ClN4O4/c1-29(2,3)26(31-27(36)22(17-34(38)19-35)15-20-7-4-5-8-20)28(37)32-13-11-23(12-14-32)33-16-21-9-6-10-25(30)24(21)18-33/h6,9-10,19-20,22-23,26,38H,4-5,7-8,11-18H2,1-3H3,(H,31,36)/t22-,26-/m1/s1. The minimum absolute atomic E-state index is 0.0621. The molecule has 8 nitrogen and oxygen atoms in total. The van der Waals surface area contributed by atoms with Gasteiger partial charge in [0.1, 0.15) is 6.04 Å². The minimum Gasteiger partial charge on any atom is -0.344 e. The van der Waals surface area contributed by atoms with Gasteiger partial charge in [0, 0.05) is 37.2 Å². The third kappa shape index (κ3) is 6.88. The molecule has 0 aromatic heterocycles. The largest absolute Gasteiger partial charge is 0.344 e. The van der Waals surface area contributed by atoms with Gasteiger partial charge in [-0.2, -0.15) is 0 Å². The van der Waals surface area contributed by atoms with Crippen molar-refractivity contribution in [3.63, 3.8) is 0 Å². The number of carbonyl (C=O) groups is 3. The molecule has 4 rings (SSSR count). The molecule has 2 aliphatic heterocycles. The molecule has 38 heavy (non-hydrogen) atoms. The summed E-state index contributed by atoms with van der Waals surface area (Å²) in [6.07, 6.45) is 7.10. The molecule has 1 aromatic rings. The van der Waals surface area contributed by atoms with Crippen LogP contribution in [0.5, 0.6) is 0 Å². The van der Waals surface area contributed by atoms with Crippen LogP contribution in [0, 0.1) is 17.3 Å². The van der Waals surface area contributed by atoms with E-state index in [9.17, 15) is 19.6 Å². The van der Waals surface area contributed by atoms with Gasteiger partial charge in [-0.25, -0.2) is 5.06 Å². The van der Waals surface area contributed by atoms with Crippen LogP contribution in [0.2, 0.25) is 5.02 Å². The maximum atomic E-state index is 13.7. The monoisotopic (exact) mass is 546 g/mol. The van der Waals surface area contributed by atoms with E-state index >= 15 is 0 Å². The highest BCUT2D eigenvalue weighted by Crippen LogP contribution is 2.34. The first-order valence-electron chi connectivity index (χ1n) is 14.1. The molecule has 3 aliphatic rings. The Kier molecular flexibility index (Phi) is 9.37. The summed E-state index contributed by atoms with van der Waals surface area (Å²) in [5.41, 5.74) is 2.01. The second-order valence-electron chi connectivity index (χ2n) is 12.5. The van der Waals surface area contributed by atoms with E-state index in [0.29, 0.717) is 42.9 Å². The number of hydroxylamine groups is 2. The highest BCUT2D eigenvalue weighted by atomic mass is 35.5. The van der Waals surface area contributed by atoms with E-state index in [2.05, 4.69) is 16.3 Å². The Morgan fingerprint density at radius 3 is 2.45 bits per heavy atom. The lowest BCUT2D eigenvalue weighted by atomic mass is 9.84. The van der Waals surface area contributed by atoms with Crippen molar-refractivity contribution in [3.8, 4) is 0 Å². The summed E-state index contributed by atoms with van der Waals surface area (Å²) in [6, 6.07) is 5.79. The number of benzene rings is 1. The predicted octanol–water partition coefficient (Wildman–Crippen LogP) is 4.22. The summed E-state index contributed by atoms with van der Waals surface area (Å²) >= 11 is 6.42. The third-order valence-electron chi connectivity index (χ3n) is 8.64. The molecular weight excluding hydrogens is 504 g/mol. The number of amides is 3. The van der Waals surface area contributed by atoms with Gasteiger partial charge in [-0.1, -0.05) is 70.2 Å². The van der Waals surface area contributed by atoms with E-state index in [4.69, 9.17) is 11.6 Å². The molecule has 0 radical (unpaired) electrons. The van der Waals surface area contributed by atoms with Crippen molar-refractivity contribution in [2.75, 3.05) is 19.6 Å². The van der Waals surface area contributed by atoms with Crippen molar-refractivity contribution >= 4 is 29.8 Å². The van der Waals surface area contributed by atoms with Gasteiger partial charge >= 0.3 is 0 Å². The van der Waals surface area contributed by atoms with Crippen molar-refractivity contribution in [3.05, 3.63) is 34.3 Å². The molecule has 2 heterocycles. The Labute approximate surface area is 231 Å². The number of hydrogen-bond acceptors (Lipinski definition) is 5. The number of halogens is 1. The van der Waals surface area contributed by atoms with Crippen molar-refractivity contribution in [1.82, 2.24) is 20.2 Å². The van der Waals surface area contributed by atoms with Crippen LogP contribution in [-0.2, 0) is 27.5 Å². The van der Waals surface area contributed by atoms with Crippen molar-refractivity contribution in [2.45, 2.75) is 90.9 Å². The first-order valence-corrected chi connectivity index (χ1v) is 14.4. The molecule has 0 unspecified atom stereocenters. The Morgan fingerprint density at radius 2 is 1.84 bits per heavy atom. The van der Waals surface area contributed by atoms with Crippen molar-refractivity contribution < 1.29 is 19.6 Å². The average molecular weight is 547 g/mol. The summed E-state index contributed by atoms with van der Waals surface area (Å²) in [4.78, 5) is 42.6. The maximum absolute atomic E-state index is 13.7. The normalized spacial score (nSPS) is 20.7. The van der Waals surface area contributed by atoms with Crippen LogP contribution in [0.15, 0.2) is 18.2 Å². The van der Waals surface area contributed by atoms with Crippen molar-refractivity contribution in [1.29, 1.82) is 0 Å². The summed E-state index contributed by atoms with van der Waals surface area (Å²) in [5.74, 6) is -0.485. The van der Waals surface area contributed by atoms with Gasteiger partial charge in [-0.3, -0.25) is 24.5 Å². The van der Waals surface area contributed by atoms with E-state index < -0.39 is 17.4 Å². The smallest absolute Gasteiger partial charge is 0.245 e. The molecule has 1 aliphatic carbocycles. The number of fused-ring (bicyclic) bond motifs is 1. The number of rotatable bonds is 9. The summed E-state index contributed by atoms with van der Waals surface area (Å²) in [7, 11) is 0. The molecule has 1 saturated heterocycles. The summed E-state index contributed by atoms with van der Waals surface area (Å²) < 4.78 is 0. The van der Waals surface area contributed by atoms with Gasteiger partial charge in [0.05, 0.1) is 12.5 Å². The van der Waals surface area contributed by atoms with Gasteiger partial charge < -0.3 is 10.2 Å². The third-order valence-corrected chi connectivity index (χ3v) is 8.99. The van der Waals surface area contributed by atoms with Gasteiger partial charge in [0.15, 0.2) is 0 Å². The Morgan fingerprint density at radius 1 is 1.16 bits per heavy atom. The zero-order chi connectivity index (χ0) is 27.4. The number of carbonyl (C=O) groups excluding carboxylic acids is 3. The molecule has 2 atom stereocenters. The van der Waals surface area contributed by atoms with E-state index in [0.717, 1.165) is 56.6 Å². The number of likely N-dealkylation sites (tertiary alicyclic amines) is 1. The first-order chi connectivity index (χ1) is 18.1. The van der Waals surface area contributed by atoms with Gasteiger partial charge in [-0.15, -0.1) is 0 Å². The topological polar surface area (TPSA) is 93.2 Å². The van der Waals surface area contributed by atoms with E-state index in [1.807, 2.05) is 37.8 Å². The van der Waals surface area contributed by atoms with Gasteiger partial charge in [0.2, 0.25) is 18.2 Å². The Hall–Kier alpha value is -2.16. The zero-order valence-corrected chi connectivity index (χ0v) is 23.8. The van der Waals surface area contributed by atoms with Crippen LogP contribution < -0.4 is 5.32 Å². The highest BCUT2D eigenvalue weighted by molar-refractivity contribution is 6.31. The van der Waals surface area contributed by atoms with Crippen LogP contribution in [-0.4, -0.2) is 70.0 Å². The highest BCUT2D eigenvalue weighted by Gasteiger charge is 2.39. The van der Waals surface area contributed by atoms with Gasteiger partial charge in [0.25, 0.3) is 0 Å². The van der Waals surface area contributed by atoms with Gasteiger partial charge in [-0.05, 0) is 47.8 Å². The number of hydrogen-bond donors (Lipinski definition) is 2. The molecule has 2 N–H and O–H groups in total.